The molecule has 4 nitrogen and oxygen atoms in total. The zero-order chi connectivity index (χ0) is 15.0. The van der Waals surface area contributed by atoms with E-state index >= 15 is 0 Å². The molecule has 1 amide bonds. The third-order valence-corrected chi connectivity index (χ3v) is 4.18. The molecule has 0 atom stereocenters. The fourth-order valence-electron chi connectivity index (χ4n) is 2.64. The minimum Gasteiger partial charge on any atom is -0.392 e. The smallest absolute Gasteiger partial charge is 0.258 e. The van der Waals surface area contributed by atoms with Gasteiger partial charge in [-0.1, -0.05) is 17.7 Å². The number of hydrogen-bond acceptors (Lipinski definition) is 3. The van der Waals surface area contributed by atoms with Gasteiger partial charge in [-0.05, 0) is 42.2 Å². The number of nitrogens with zero attached hydrogens (tertiary/aromatic N) is 2. The number of carbonyl (C=O) groups excluding carboxylic acids is 1. The standard InChI is InChI=1S/C16H15ClN2O2/c1-10-2-4-18-8-15(10)19-5-3-11-6-12(9-20)14(17)7-13(11)16(19)21/h2,4,6-8,20H,3,5,9H2,1H3. The molecule has 0 unspecified atom stereocenters. The van der Waals surface area contributed by atoms with Crippen molar-refractivity contribution in [2.75, 3.05) is 11.4 Å². The van der Waals surface area contributed by atoms with Crippen LogP contribution >= 0.6 is 11.6 Å². The highest BCUT2D eigenvalue weighted by Gasteiger charge is 2.27. The summed E-state index contributed by atoms with van der Waals surface area (Å²) >= 11 is 6.11. The van der Waals surface area contributed by atoms with Crippen molar-refractivity contribution in [3.8, 4) is 0 Å². The third kappa shape index (κ3) is 2.41. The monoisotopic (exact) mass is 302 g/mol. The molecule has 1 aromatic carbocycles. The number of aliphatic hydroxyl groups is 1. The van der Waals surface area contributed by atoms with Crippen molar-refractivity contribution < 1.29 is 9.90 Å². The Morgan fingerprint density at radius 2 is 2.24 bits per heavy atom. The normalized spacial score (nSPS) is 14.2. The van der Waals surface area contributed by atoms with Gasteiger partial charge < -0.3 is 10.0 Å². The molecule has 5 heteroatoms. The number of aromatic nitrogens is 1. The first-order valence-corrected chi connectivity index (χ1v) is 7.14. The SMILES string of the molecule is Cc1ccncc1N1CCc2cc(CO)c(Cl)cc2C1=O. The summed E-state index contributed by atoms with van der Waals surface area (Å²) in [5.74, 6) is -0.0706. The molecule has 1 aliphatic heterocycles. The fraction of sp³-hybridized carbons (Fsp3) is 0.250. The Kier molecular flexibility index (Phi) is 3.66. The van der Waals surface area contributed by atoms with Crippen LogP contribution in [0.5, 0.6) is 0 Å². The Hall–Kier alpha value is -1.91. The number of anilines is 1. The summed E-state index contributed by atoms with van der Waals surface area (Å²) in [6, 6.07) is 5.37. The molecule has 0 saturated carbocycles. The summed E-state index contributed by atoms with van der Waals surface area (Å²) in [7, 11) is 0. The van der Waals surface area contributed by atoms with Crippen LogP contribution < -0.4 is 4.90 Å². The zero-order valence-corrected chi connectivity index (χ0v) is 12.4. The molecule has 1 aliphatic rings. The van der Waals surface area contributed by atoms with Gasteiger partial charge in [-0.2, -0.15) is 0 Å². The molecule has 0 radical (unpaired) electrons. The van der Waals surface area contributed by atoms with E-state index < -0.39 is 0 Å². The van der Waals surface area contributed by atoms with Crippen LogP contribution in [0.4, 0.5) is 5.69 Å². The van der Waals surface area contributed by atoms with Gasteiger partial charge in [0.25, 0.3) is 5.91 Å². The maximum atomic E-state index is 12.7. The Morgan fingerprint density at radius 3 is 2.95 bits per heavy atom. The molecule has 3 rings (SSSR count). The largest absolute Gasteiger partial charge is 0.392 e. The van der Waals surface area contributed by atoms with Crippen LogP contribution in [0.1, 0.15) is 27.0 Å². The molecule has 2 aromatic rings. The Morgan fingerprint density at radius 1 is 1.43 bits per heavy atom. The average Bonchev–Trinajstić information content (AvgIpc) is 2.49. The highest BCUT2D eigenvalue weighted by atomic mass is 35.5. The van der Waals surface area contributed by atoms with Crippen molar-refractivity contribution in [2.24, 2.45) is 0 Å². The number of fused-ring (bicyclic) bond motifs is 1. The van der Waals surface area contributed by atoms with E-state index in [1.165, 1.54) is 0 Å². The molecule has 0 saturated heterocycles. The second-order valence-electron chi connectivity index (χ2n) is 5.13. The molecule has 0 spiro atoms. The zero-order valence-electron chi connectivity index (χ0n) is 11.6. The third-order valence-electron chi connectivity index (χ3n) is 3.83. The van der Waals surface area contributed by atoms with E-state index in [1.807, 2.05) is 19.1 Å². The second kappa shape index (κ2) is 5.47. The molecule has 0 aliphatic carbocycles. The van der Waals surface area contributed by atoms with Crippen LogP contribution in [0.25, 0.3) is 0 Å². The second-order valence-corrected chi connectivity index (χ2v) is 5.54. The van der Waals surface area contributed by atoms with Gasteiger partial charge in [0.2, 0.25) is 0 Å². The number of aliphatic hydroxyl groups excluding tert-OH is 1. The van der Waals surface area contributed by atoms with Gasteiger partial charge in [0.15, 0.2) is 0 Å². The van der Waals surface area contributed by atoms with Crippen molar-refractivity contribution in [3.05, 3.63) is 57.9 Å². The lowest BCUT2D eigenvalue weighted by atomic mass is 9.96. The summed E-state index contributed by atoms with van der Waals surface area (Å²) in [4.78, 5) is 18.5. The van der Waals surface area contributed by atoms with Crippen LogP contribution in [0.15, 0.2) is 30.6 Å². The van der Waals surface area contributed by atoms with Gasteiger partial charge in [-0.3, -0.25) is 9.78 Å². The molecule has 108 valence electrons. The first kappa shape index (κ1) is 14.0. The topological polar surface area (TPSA) is 53.4 Å². The number of hydrogen-bond donors (Lipinski definition) is 1. The van der Waals surface area contributed by atoms with Gasteiger partial charge in [0, 0.05) is 23.3 Å². The van der Waals surface area contributed by atoms with E-state index in [0.29, 0.717) is 22.7 Å². The first-order chi connectivity index (χ1) is 10.1. The molecular formula is C16H15ClN2O2. The first-order valence-electron chi connectivity index (χ1n) is 6.76. The van der Waals surface area contributed by atoms with E-state index in [4.69, 9.17) is 11.6 Å². The van der Waals surface area contributed by atoms with Crippen LogP contribution in [-0.4, -0.2) is 22.5 Å². The fourth-order valence-corrected chi connectivity index (χ4v) is 2.87. The highest BCUT2D eigenvalue weighted by Crippen LogP contribution is 2.30. The molecule has 0 bridgehead atoms. The van der Waals surface area contributed by atoms with Crippen molar-refractivity contribution in [1.29, 1.82) is 0 Å². The summed E-state index contributed by atoms with van der Waals surface area (Å²) in [6.45, 7) is 2.44. The molecular weight excluding hydrogens is 288 g/mol. The van der Waals surface area contributed by atoms with Gasteiger partial charge in [-0.15, -0.1) is 0 Å². The maximum Gasteiger partial charge on any atom is 0.258 e. The lowest BCUT2D eigenvalue weighted by molar-refractivity contribution is 0.0980. The molecule has 21 heavy (non-hydrogen) atoms. The number of carbonyl (C=O) groups is 1. The van der Waals surface area contributed by atoms with Gasteiger partial charge in [0.1, 0.15) is 0 Å². The van der Waals surface area contributed by atoms with Crippen LogP contribution in [0, 0.1) is 6.92 Å². The van der Waals surface area contributed by atoms with E-state index in [9.17, 15) is 9.90 Å². The van der Waals surface area contributed by atoms with E-state index in [-0.39, 0.29) is 12.5 Å². The van der Waals surface area contributed by atoms with Crippen molar-refractivity contribution >= 4 is 23.2 Å². The van der Waals surface area contributed by atoms with Crippen LogP contribution in [0.2, 0.25) is 5.02 Å². The summed E-state index contributed by atoms with van der Waals surface area (Å²) in [6.07, 6.45) is 4.16. The van der Waals surface area contributed by atoms with Gasteiger partial charge >= 0.3 is 0 Å². The number of aryl methyl sites for hydroxylation is 1. The average molecular weight is 303 g/mol. The van der Waals surface area contributed by atoms with Gasteiger partial charge in [-0.25, -0.2) is 0 Å². The van der Waals surface area contributed by atoms with Crippen molar-refractivity contribution in [1.82, 2.24) is 4.98 Å². The maximum absolute atomic E-state index is 12.7. The molecule has 2 heterocycles. The van der Waals surface area contributed by atoms with Crippen LogP contribution in [0.3, 0.4) is 0 Å². The summed E-state index contributed by atoms with van der Waals surface area (Å²) in [5, 5.41) is 9.69. The predicted octanol–water partition coefficient (Wildman–Crippen LogP) is 2.74. The predicted molar refractivity (Wildman–Crippen MR) is 81.7 cm³/mol. The lowest BCUT2D eigenvalue weighted by Crippen LogP contribution is -2.38. The number of benzene rings is 1. The molecule has 0 fully saturated rings. The summed E-state index contributed by atoms with van der Waals surface area (Å²) < 4.78 is 0. The van der Waals surface area contributed by atoms with E-state index in [2.05, 4.69) is 4.98 Å². The Labute approximate surface area is 128 Å². The minimum absolute atomic E-state index is 0.0706. The number of halogens is 1. The van der Waals surface area contributed by atoms with Crippen molar-refractivity contribution in [3.63, 3.8) is 0 Å². The number of rotatable bonds is 2. The van der Waals surface area contributed by atoms with E-state index in [1.54, 1.807) is 23.4 Å². The Balaban J connectivity index is 2.03. The van der Waals surface area contributed by atoms with Crippen molar-refractivity contribution in [2.45, 2.75) is 20.0 Å². The molecule has 1 N–H and O–H groups in total. The quantitative estimate of drug-likeness (QED) is 0.928. The Bertz CT molecular complexity index is 715. The summed E-state index contributed by atoms with van der Waals surface area (Å²) in [5.41, 5.74) is 4.04. The molecule has 1 aromatic heterocycles. The number of amides is 1. The highest BCUT2D eigenvalue weighted by molar-refractivity contribution is 6.32. The van der Waals surface area contributed by atoms with Crippen LogP contribution in [-0.2, 0) is 13.0 Å². The van der Waals surface area contributed by atoms with Gasteiger partial charge in [0.05, 0.1) is 18.5 Å². The lowest BCUT2D eigenvalue weighted by Gasteiger charge is -2.30. The minimum atomic E-state index is -0.119. The van der Waals surface area contributed by atoms with E-state index in [0.717, 1.165) is 23.2 Å². The number of pyridine rings is 1.